The number of nitro benzene ring substituents is 1. The van der Waals surface area contributed by atoms with Crippen LogP contribution >= 0.6 is 0 Å². The van der Waals surface area contributed by atoms with Crippen LogP contribution in [-0.2, 0) is 0 Å². The molecule has 28 heavy (non-hydrogen) atoms. The lowest BCUT2D eigenvalue weighted by molar-refractivity contribution is -0.384. The Hall–Kier alpha value is -3.66. The van der Waals surface area contributed by atoms with Crippen molar-refractivity contribution in [2.75, 3.05) is 13.7 Å². The van der Waals surface area contributed by atoms with Gasteiger partial charge in [-0.1, -0.05) is 6.07 Å². The first-order chi connectivity index (χ1) is 13.4. The molecule has 4 N–H and O–H groups in total. The molecule has 1 heterocycles. The van der Waals surface area contributed by atoms with Crippen molar-refractivity contribution >= 4 is 5.69 Å². The number of phenolic OH excluding ortho intramolecular Hbond substituents is 1. The van der Waals surface area contributed by atoms with Gasteiger partial charge in [0.15, 0.2) is 17.3 Å². The second-order valence-corrected chi connectivity index (χ2v) is 5.82. The number of nitrogens with zero attached hydrogens (tertiary/aromatic N) is 3. The molecule has 0 amide bonds. The van der Waals surface area contributed by atoms with Crippen LogP contribution in [0.5, 0.6) is 17.2 Å². The standard InChI is InChI=1S/C18H19N5O5/c1-3-28-15-8-10(4-7-14(15)27-2)16(19)18-20-17(21-22-18)12-9-11(23(25)26)5-6-13(12)24/h4-9,16,24H,3,19H2,1-2H3,(H,20,21,22)/t16-/m1/s1. The fraction of sp³-hybridized carbons (Fsp3) is 0.222. The summed E-state index contributed by atoms with van der Waals surface area (Å²) in [5.74, 6) is 1.39. The van der Waals surface area contributed by atoms with Gasteiger partial charge in [-0.05, 0) is 30.7 Å². The van der Waals surface area contributed by atoms with Crippen molar-refractivity contribution in [2.45, 2.75) is 13.0 Å². The number of nitro groups is 1. The molecule has 0 radical (unpaired) electrons. The Morgan fingerprint density at radius 2 is 2.07 bits per heavy atom. The minimum atomic E-state index is -0.660. The molecule has 10 nitrogen and oxygen atoms in total. The molecule has 2 aromatic carbocycles. The molecule has 0 aliphatic rings. The minimum absolute atomic E-state index is 0.102. The van der Waals surface area contributed by atoms with E-state index in [0.29, 0.717) is 29.5 Å². The van der Waals surface area contributed by atoms with Gasteiger partial charge < -0.3 is 20.3 Å². The van der Waals surface area contributed by atoms with E-state index < -0.39 is 11.0 Å². The summed E-state index contributed by atoms with van der Waals surface area (Å²) >= 11 is 0. The topological polar surface area (TPSA) is 149 Å². The Bertz CT molecular complexity index is 1000. The van der Waals surface area contributed by atoms with E-state index in [1.807, 2.05) is 6.92 Å². The highest BCUT2D eigenvalue weighted by Gasteiger charge is 2.20. The van der Waals surface area contributed by atoms with Gasteiger partial charge in [-0.2, -0.15) is 5.10 Å². The Balaban J connectivity index is 1.93. The number of rotatable bonds is 7. The summed E-state index contributed by atoms with van der Waals surface area (Å²) in [7, 11) is 1.55. The molecule has 0 bridgehead atoms. The summed E-state index contributed by atoms with van der Waals surface area (Å²) in [5, 5.41) is 27.7. The molecule has 1 atom stereocenters. The number of non-ortho nitro benzene ring substituents is 1. The summed E-state index contributed by atoms with van der Waals surface area (Å²) < 4.78 is 10.8. The number of benzene rings is 2. The van der Waals surface area contributed by atoms with E-state index in [-0.39, 0.29) is 22.8 Å². The third kappa shape index (κ3) is 3.71. The molecular formula is C18H19N5O5. The number of nitrogens with one attached hydrogen (secondary N) is 1. The summed E-state index contributed by atoms with van der Waals surface area (Å²) in [6.07, 6.45) is 0. The van der Waals surface area contributed by atoms with E-state index >= 15 is 0 Å². The first-order valence-electron chi connectivity index (χ1n) is 8.41. The molecule has 0 spiro atoms. The van der Waals surface area contributed by atoms with E-state index in [4.69, 9.17) is 15.2 Å². The van der Waals surface area contributed by atoms with Crippen LogP contribution in [0.25, 0.3) is 11.4 Å². The van der Waals surface area contributed by atoms with Crippen molar-refractivity contribution in [1.29, 1.82) is 0 Å². The summed E-state index contributed by atoms with van der Waals surface area (Å²) in [4.78, 5) is 14.7. The molecular weight excluding hydrogens is 366 g/mol. The van der Waals surface area contributed by atoms with Gasteiger partial charge >= 0.3 is 0 Å². The van der Waals surface area contributed by atoms with Crippen molar-refractivity contribution in [1.82, 2.24) is 15.2 Å². The molecule has 10 heteroatoms. The molecule has 0 saturated heterocycles. The van der Waals surface area contributed by atoms with E-state index in [1.165, 1.54) is 18.2 Å². The van der Waals surface area contributed by atoms with Crippen LogP contribution in [-0.4, -0.2) is 38.9 Å². The van der Waals surface area contributed by atoms with Gasteiger partial charge in [-0.3, -0.25) is 15.2 Å². The zero-order chi connectivity index (χ0) is 20.3. The van der Waals surface area contributed by atoms with E-state index in [1.54, 1.807) is 25.3 Å². The second-order valence-electron chi connectivity index (χ2n) is 5.82. The predicted octanol–water partition coefficient (Wildman–Crippen LogP) is 2.54. The van der Waals surface area contributed by atoms with E-state index in [0.717, 1.165) is 0 Å². The zero-order valence-corrected chi connectivity index (χ0v) is 15.2. The Morgan fingerprint density at radius 1 is 1.29 bits per heavy atom. The number of aromatic amines is 1. The number of aromatic hydroxyl groups is 1. The largest absolute Gasteiger partial charge is 0.507 e. The Labute approximate surface area is 160 Å². The number of phenols is 1. The molecule has 0 fully saturated rings. The number of nitrogens with two attached hydrogens (primary N) is 1. The fourth-order valence-corrected chi connectivity index (χ4v) is 2.66. The van der Waals surface area contributed by atoms with Crippen LogP contribution in [0.15, 0.2) is 36.4 Å². The molecule has 0 saturated carbocycles. The van der Waals surface area contributed by atoms with Crippen molar-refractivity contribution in [3.63, 3.8) is 0 Å². The van der Waals surface area contributed by atoms with Gasteiger partial charge in [0.2, 0.25) is 0 Å². The first-order valence-corrected chi connectivity index (χ1v) is 8.41. The maximum atomic E-state index is 11.0. The van der Waals surface area contributed by atoms with Crippen molar-refractivity contribution in [2.24, 2.45) is 5.73 Å². The molecule has 0 unspecified atom stereocenters. The summed E-state index contributed by atoms with van der Waals surface area (Å²) in [5.41, 5.74) is 6.94. The van der Waals surface area contributed by atoms with Crippen LogP contribution in [0.4, 0.5) is 5.69 Å². The third-order valence-corrected chi connectivity index (χ3v) is 4.08. The average Bonchev–Trinajstić information content (AvgIpc) is 3.17. The van der Waals surface area contributed by atoms with Gasteiger partial charge in [0.1, 0.15) is 11.6 Å². The molecule has 3 aromatic rings. The quantitative estimate of drug-likeness (QED) is 0.415. The second kappa shape index (κ2) is 7.92. The van der Waals surface area contributed by atoms with E-state index in [9.17, 15) is 15.2 Å². The molecule has 0 aliphatic heterocycles. The SMILES string of the molecule is CCOc1cc([C@@H](N)c2nc(-c3cc([N+](=O)[O-])ccc3O)n[nH]2)ccc1OC. The van der Waals surface area contributed by atoms with Crippen LogP contribution < -0.4 is 15.2 Å². The van der Waals surface area contributed by atoms with Gasteiger partial charge in [-0.25, -0.2) is 4.98 Å². The van der Waals surface area contributed by atoms with Gasteiger partial charge in [0.25, 0.3) is 5.69 Å². The van der Waals surface area contributed by atoms with Crippen LogP contribution in [0, 0.1) is 10.1 Å². The van der Waals surface area contributed by atoms with Crippen LogP contribution in [0.1, 0.15) is 24.4 Å². The van der Waals surface area contributed by atoms with Crippen LogP contribution in [0.3, 0.4) is 0 Å². The average molecular weight is 385 g/mol. The number of H-pyrrole nitrogens is 1. The van der Waals surface area contributed by atoms with Gasteiger partial charge in [0, 0.05) is 12.1 Å². The Morgan fingerprint density at radius 3 is 2.75 bits per heavy atom. The number of hydrogen-bond donors (Lipinski definition) is 3. The smallest absolute Gasteiger partial charge is 0.270 e. The summed E-state index contributed by atoms with van der Waals surface area (Å²) in [6, 6.07) is 8.23. The van der Waals surface area contributed by atoms with E-state index in [2.05, 4.69) is 15.2 Å². The number of methoxy groups -OCH3 is 1. The predicted molar refractivity (Wildman–Crippen MR) is 100 cm³/mol. The lowest BCUT2D eigenvalue weighted by Gasteiger charge is -2.14. The lowest BCUT2D eigenvalue weighted by atomic mass is 10.1. The van der Waals surface area contributed by atoms with Crippen molar-refractivity contribution in [3.05, 3.63) is 57.9 Å². The highest BCUT2D eigenvalue weighted by molar-refractivity contribution is 5.67. The maximum absolute atomic E-state index is 11.0. The monoisotopic (exact) mass is 385 g/mol. The van der Waals surface area contributed by atoms with Crippen molar-refractivity contribution in [3.8, 4) is 28.6 Å². The molecule has 3 rings (SSSR count). The van der Waals surface area contributed by atoms with Gasteiger partial charge in [-0.15, -0.1) is 0 Å². The highest BCUT2D eigenvalue weighted by Crippen LogP contribution is 2.33. The fourth-order valence-electron chi connectivity index (χ4n) is 2.66. The Kier molecular flexibility index (Phi) is 5.41. The number of hydrogen-bond acceptors (Lipinski definition) is 8. The number of ether oxygens (including phenoxy) is 2. The highest BCUT2D eigenvalue weighted by atomic mass is 16.6. The third-order valence-electron chi connectivity index (χ3n) is 4.08. The summed E-state index contributed by atoms with van der Waals surface area (Å²) in [6.45, 7) is 2.33. The molecule has 146 valence electrons. The zero-order valence-electron chi connectivity index (χ0n) is 15.2. The van der Waals surface area contributed by atoms with Crippen LogP contribution in [0.2, 0.25) is 0 Å². The number of aromatic nitrogens is 3. The normalized spacial score (nSPS) is 11.8. The van der Waals surface area contributed by atoms with Gasteiger partial charge in [0.05, 0.1) is 30.2 Å². The molecule has 0 aliphatic carbocycles. The minimum Gasteiger partial charge on any atom is -0.507 e. The first kappa shape index (κ1) is 19.1. The lowest BCUT2D eigenvalue weighted by Crippen LogP contribution is -2.14. The maximum Gasteiger partial charge on any atom is 0.270 e. The molecule has 1 aromatic heterocycles. The van der Waals surface area contributed by atoms with Crippen molar-refractivity contribution < 1.29 is 19.5 Å².